The van der Waals surface area contributed by atoms with Gasteiger partial charge >= 0.3 is 0 Å². The predicted molar refractivity (Wildman–Crippen MR) is 78.5 cm³/mol. The lowest BCUT2D eigenvalue weighted by molar-refractivity contribution is 0.0961. The number of nitrogens with zero attached hydrogens (tertiary/aromatic N) is 1. The molecule has 0 aliphatic heterocycles. The van der Waals surface area contributed by atoms with Gasteiger partial charge in [-0.25, -0.2) is 4.98 Å². The number of aromatic nitrogens is 1. The molecule has 1 saturated carbocycles. The quantitative estimate of drug-likeness (QED) is 0.903. The number of nitrogens with one attached hydrogen (secondary N) is 1. The van der Waals surface area contributed by atoms with Gasteiger partial charge in [0.05, 0.1) is 0 Å². The first-order chi connectivity index (χ1) is 9.11. The summed E-state index contributed by atoms with van der Waals surface area (Å²) in [5, 5.41) is 3.21. The van der Waals surface area contributed by atoms with Gasteiger partial charge in [-0.1, -0.05) is 13.3 Å². The van der Waals surface area contributed by atoms with Crippen molar-refractivity contribution in [3.05, 3.63) is 22.9 Å². The van der Waals surface area contributed by atoms with Crippen LogP contribution in [0.25, 0.3) is 0 Å². The minimum absolute atomic E-state index is 0.332. The van der Waals surface area contributed by atoms with E-state index < -0.39 is 0 Å². The Morgan fingerprint density at radius 1 is 1.32 bits per heavy atom. The Labute approximate surface area is 116 Å². The Hall–Kier alpha value is -1.09. The average molecular weight is 262 g/mol. The van der Waals surface area contributed by atoms with Crippen LogP contribution in [-0.4, -0.2) is 18.1 Å². The molecule has 2 unspecified atom stereocenters. The number of rotatable bonds is 4. The van der Waals surface area contributed by atoms with Crippen molar-refractivity contribution in [1.29, 1.82) is 0 Å². The molecule has 3 heteroatoms. The van der Waals surface area contributed by atoms with Crippen molar-refractivity contribution in [3.63, 3.8) is 0 Å². The summed E-state index contributed by atoms with van der Waals surface area (Å²) in [5.41, 5.74) is 3.50. The molecule has 0 spiro atoms. The van der Waals surface area contributed by atoms with Crippen molar-refractivity contribution in [3.8, 4) is 5.88 Å². The van der Waals surface area contributed by atoms with Crippen molar-refractivity contribution < 1.29 is 4.74 Å². The highest BCUT2D eigenvalue weighted by Crippen LogP contribution is 2.30. The minimum atomic E-state index is 0.332. The normalized spacial score (nSPS) is 23.4. The summed E-state index contributed by atoms with van der Waals surface area (Å²) in [6.45, 7) is 7.28. The molecule has 1 N–H and O–H groups in total. The predicted octanol–water partition coefficient (Wildman–Crippen LogP) is 3.38. The van der Waals surface area contributed by atoms with Crippen LogP contribution in [0.15, 0.2) is 6.07 Å². The van der Waals surface area contributed by atoms with Gasteiger partial charge in [0, 0.05) is 17.8 Å². The zero-order valence-electron chi connectivity index (χ0n) is 12.6. The Morgan fingerprint density at radius 2 is 2.05 bits per heavy atom. The van der Waals surface area contributed by atoms with Crippen LogP contribution >= 0.6 is 0 Å². The summed E-state index contributed by atoms with van der Waals surface area (Å²) in [6.07, 6.45) is 5.38. The molecular formula is C16H26N2O. The monoisotopic (exact) mass is 262 g/mol. The number of hydrogen-bond acceptors (Lipinski definition) is 3. The highest BCUT2D eigenvalue weighted by Gasteiger charge is 2.24. The summed E-state index contributed by atoms with van der Waals surface area (Å²) in [6, 6.07) is 2.13. The maximum Gasteiger partial charge on any atom is 0.218 e. The fraction of sp³-hybridized carbons (Fsp3) is 0.688. The van der Waals surface area contributed by atoms with E-state index in [4.69, 9.17) is 4.74 Å². The van der Waals surface area contributed by atoms with E-state index >= 15 is 0 Å². The molecule has 1 aromatic heterocycles. The molecule has 1 aliphatic rings. The van der Waals surface area contributed by atoms with Crippen LogP contribution in [0.4, 0.5) is 0 Å². The smallest absolute Gasteiger partial charge is 0.218 e. The fourth-order valence-corrected chi connectivity index (χ4v) is 2.92. The third-order valence-corrected chi connectivity index (χ3v) is 4.09. The van der Waals surface area contributed by atoms with Crippen LogP contribution in [-0.2, 0) is 6.54 Å². The first kappa shape index (κ1) is 14.3. The first-order valence-electron chi connectivity index (χ1n) is 7.40. The van der Waals surface area contributed by atoms with Gasteiger partial charge in [0.2, 0.25) is 5.88 Å². The minimum Gasteiger partial charge on any atom is -0.474 e. The lowest BCUT2D eigenvalue weighted by Gasteiger charge is -2.30. The zero-order valence-corrected chi connectivity index (χ0v) is 12.6. The van der Waals surface area contributed by atoms with Crippen LogP contribution in [0, 0.1) is 19.8 Å². The topological polar surface area (TPSA) is 34.2 Å². The maximum atomic E-state index is 6.26. The third kappa shape index (κ3) is 3.47. The first-order valence-corrected chi connectivity index (χ1v) is 7.40. The number of pyridine rings is 1. The number of ether oxygens (including phenoxy) is 1. The molecule has 1 fully saturated rings. The Bertz CT molecular complexity index is 431. The summed E-state index contributed by atoms with van der Waals surface area (Å²) in [5.74, 6) is 1.48. The molecule has 1 heterocycles. The fourth-order valence-electron chi connectivity index (χ4n) is 2.92. The van der Waals surface area contributed by atoms with Gasteiger partial charge in [-0.2, -0.15) is 0 Å². The summed E-state index contributed by atoms with van der Waals surface area (Å²) in [7, 11) is 1.96. The third-order valence-electron chi connectivity index (χ3n) is 4.09. The van der Waals surface area contributed by atoms with E-state index in [9.17, 15) is 0 Å². The standard InChI is InChI=1S/C16H26N2O/c1-11-7-5-6-8-15(11)19-16-14(10-17-4)12(2)9-13(3)18-16/h9,11,15,17H,5-8,10H2,1-4H3. The largest absolute Gasteiger partial charge is 0.474 e. The molecule has 2 atom stereocenters. The van der Waals surface area contributed by atoms with Gasteiger partial charge in [-0.05, 0) is 57.7 Å². The second-order valence-electron chi connectivity index (χ2n) is 5.81. The molecule has 0 bridgehead atoms. The molecule has 0 saturated heterocycles. The van der Waals surface area contributed by atoms with Gasteiger partial charge in [0.1, 0.15) is 6.10 Å². The molecular weight excluding hydrogens is 236 g/mol. The lowest BCUT2D eigenvalue weighted by Crippen LogP contribution is -2.29. The molecule has 1 aliphatic carbocycles. The highest BCUT2D eigenvalue weighted by atomic mass is 16.5. The molecule has 3 nitrogen and oxygen atoms in total. The van der Waals surface area contributed by atoms with E-state index in [0.717, 1.165) is 24.5 Å². The zero-order chi connectivity index (χ0) is 13.8. The van der Waals surface area contributed by atoms with Crippen molar-refractivity contribution in [2.45, 2.75) is 59.1 Å². The second kappa shape index (κ2) is 6.38. The molecule has 19 heavy (non-hydrogen) atoms. The van der Waals surface area contributed by atoms with E-state index in [2.05, 4.69) is 30.2 Å². The van der Waals surface area contributed by atoms with E-state index in [1.54, 1.807) is 0 Å². The Kier molecular flexibility index (Phi) is 4.81. The molecule has 106 valence electrons. The number of hydrogen-bond donors (Lipinski definition) is 1. The lowest BCUT2D eigenvalue weighted by atomic mass is 9.88. The van der Waals surface area contributed by atoms with Gasteiger partial charge < -0.3 is 10.1 Å². The number of aryl methyl sites for hydroxylation is 2. The van der Waals surface area contributed by atoms with Crippen LogP contribution < -0.4 is 10.1 Å². The summed E-state index contributed by atoms with van der Waals surface area (Å²) < 4.78 is 6.26. The van der Waals surface area contributed by atoms with Gasteiger partial charge in [-0.15, -0.1) is 0 Å². The van der Waals surface area contributed by atoms with Crippen molar-refractivity contribution in [1.82, 2.24) is 10.3 Å². The van der Waals surface area contributed by atoms with Crippen LogP contribution in [0.5, 0.6) is 5.88 Å². The maximum absolute atomic E-state index is 6.26. The van der Waals surface area contributed by atoms with Crippen LogP contribution in [0.2, 0.25) is 0 Å². The second-order valence-corrected chi connectivity index (χ2v) is 5.81. The average Bonchev–Trinajstić information content (AvgIpc) is 2.36. The SMILES string of the molecule is CNCc1c(C)cc(C)nc1OC1CCCCC1C. The summed E-state index contributed by atoms with van der Waals surface area (Å²) in [4.78, 5) is 4.62. The Morgan fingerprint density at radius 3 is 2.74 bits per heavy atom. The van der Waals surface area contributed by atoms with E-state index in [0.29, 0.717) is 12.0 Å². The van der Waals surface area contributed by atoms with Crippen molar-refractivity contribution in [2.24, 2.45) is 5.92 Å². The van der Waals surface area contributed by atoms with E-state index in [-0.39, 0.29) is 0 Å². The molecule has 0 amide bonds. The van der Waals surface area contributed by atoms with E-state index in [1.807, 2.05) is 14.0 Å². The molecule has 0 radical (unpaired) electrons. The van der Waals surface area contributed by atoms with Gasteiger partial charge in [0.25, 0.3) is 0 Å². The molecule has 0 aromatic carbocycles. The van der Waals surface area contributed by atoms with Crippen LogP contribution in [0.1, 0.15) is 49.4 Å². The van der Waals surface area contributed by atoms with Crippen molar-refractivity contribution in [2.75, 3.05) is 7.05 Å². The van der Waals surface area contributed by atoms with Crippen LogP contribution in [0.3, 0.4) is 0 Å². The van der Waals surface area contributed by atoms with Gasteiger partial charge in [0.15, 0.2) is 0 Å². The van der Waals surface area contributed by atoms with Crippen molar-refractivity contribution >= 4 is 0 Å². The van der Waals surface area contributed by atoms with E-state index in [1.165, 1.54) is 30.4 Å². The molecule has 1 aromatic rings. The Balaban J connectivity index is 2.22. The molecule has 2 rings (SSSR count). The highest BCUT2D eigenvalue weighted by molar-refractivity contribution is 5.36. The van der Waals surface area contributed by atoms with Gasteiger partial charge in [-0.3, -0.25) is 0 Å². The summed E-state index contributed by atoms with van der Waals surface area (Å²) >= 11 is 0.